The van der Waals surface area contributed by atoms with Crippen molar-refractivity contribution in [2.75, 3.05) is 24.7 Å². The SMILES string of the molecule is CCCCCCSc1nc(NC)c2ncn(C3CC(OP(=O)(O)O)C(COP(=O)(O)O)O3)c2n1. The van der Waals surface area contributed by atoms with E-state index < -0.39 is 40.7 Å². The molecule has 3 heterocycles. The Labute approximate surface area is 200 Å². The highest BCUT2D eigenvalue weighted by molar-refractivity contribution is 7.99. The quantitative estimate of drug-likeness (QED) is 0.107. The lowest BCUT2D eigenvalue weighted by Gasteiger charge is -2.19. The number of unbranched alkanes of at least 4 members (excludes halogenated alkanes) is 3. The van der Waals surface area contributed by atoms with Gasteiger partial charge in [0.25, 0.3) is 0 Å². The first kappa shape index (κ1) is 27.5. The highest BCUT2D eigenvalue weighted by Crippen LogP contribution is 2.45. The van der Waals surface area contributed by atoms with Crippen molar-refractivity contribution in [3.63, 3.8) is 0 Å². The van der Waals surface area contributed by atoms with Gasteiger partial charge in [-0.05, 0) is 6.42 Å². The molecular formula is C17H29N5O9P2S. The van der Waals surface area contributed by atoms with Gasteiger partial charge in [-0.25, -0.2) is 24.1 Å². The first-order valence-electron chi connectivity index (χ1n) is 10.7. The fourth-order valence-electron chi connectivity index (χ4n) is 3.52. The van der Waals surface area contributed by atoms with Crippen LogP contribution in [0.3, 0.4) is 0 Å². The molecule has 0 aromatic carbocycles. The van der Waals surface area contributed by atoms with E-state index >= 15 is 0 Å². The summed E-state index contributed by atoms with van der Waals surface area (Å²) in [6.07, 6.45) is 2.72. The van der Waals surface area contributed by atoms with Gasteiger partial charge in [0.05, 0.1) is 12.9 Å². The molecule has 3 unspecified atom stereocenters. The van der Waals surface area contributed by atoms with Crippen LogP contribution in [0.4, 0.5) is 5.82 Å². The van der Waals surface area contributed by atoms with E-state index in [-0.39, 0.29) is 6.42 Å². The van der Waals surface area contributed by atoms with Crippen molar-refractivity contribution >= 4 is 44.4 Å². The maximum atomic E-state index is 11.4. The zero-order valence-corrected chi connectivity index (χ0v) is 21.3. The van der Waals surface area contributed by atoms with Crippen molar-refractivity contribution < 1.29 is 42.5 Å². The van der Waals surface area contributed by atoms with Crippen LogP contribution in [0.25, 0.3) is 11.2 Å². The first-order valence-corrected chi connectivity index (χ1v) is 14.7. The molecule has 1 aliphatic heterocycles. The lowest BCUT2D eigenvalue weighted by atomic mass is 10.2. The van der Waals surface area contributed by atoms with Crippen LogP contribution >= 0.6 is 27.4 Å². The van der Waals surface area contributed by atoms with E-state index in [0.717, 1.165) is 25.0 Å². The Balaban J connectivity index is 1.84. The molecule has 0 amide bonds. The Bertz CT molecular complexity index is 1060. The maximum absolute atomic E-state index is 11.4. The van der Waals surface area contributed by atoms with E-state index in [1.165, 1.54) is 24.5 Å². The molecule has 192 valence electrons. The van der Waals surface area contributed by atoms with Gasteiger partial charge < -0.3 is 29.6 Å². The molecule has 0 bridgehead atoms. The van der Waals surface area contributed by atoms with Gasteiger partial charge in [-0.1, -0.05) is 37.9 Å². The van der Waals surface area contributed by atoms with Crippen LogP contribution in [0.15, 0.2) is 11.5 Å². The third kappa shape index (κ3) is 7.69. The normalized spacial score (nSPS) is 21.4. The molecule has 17 heteroatoms. The molecule has 0 saturated carbocycles. The summed E-state index contributed by atoms with van der Waals surface area (Å²) in [4.78, 5) is 49.9. The summed E-state index contributed by atoms with van der Waals surface area (Å²) in [6, 6.07) is 0. The molecule has 2 aromatic rings. The van der Waals surface area contributed by atoms with Crippen LogP contribution in [-0.2, 0) is 22.9 Å². The summed E-state index contributed by atoms with van der Waals surface area (Å²) in [5.41, 5.74) is 0.913. The standard InChI is InChI=1S/C17H29N5O9P2S/c1-3-4-5-6-7-34-17-20-15(18-2)14-16(21-17)22(10-19-14)13-8-11(31-33(26,27)28)12(30-13)9-29-32(23,24)25/h10-13H,3-9H2,1-2H3,(H,18,20,21)(H2,23,24,25)(H2,26,27,28). The minimum atomic E-state index is -4.90. The van der Waals surface area contributed by atoms with E-state index in [1.54, 1.807) is 11.6 Å². The molecule has 14 nitrogen and oxygen atoms in total. The Morgan fingerprint density at radius 1 is 1.21 bits per heavy atom. The number of phosphoric acid groups is 2. The van der Waals surface area contributed by atoms with Crippen LogP contribution in [-0.4, -0.2) is 70.7 Å². The second kappa shape index (κ2) is 11.7. The summed E-state index contributed by atoms with van der Waals surface area (Å²) in [7, 11) is -8.02. The maximum Gasteiger partial charge on any atom is 0.469 e. The molecule has 0 radical (unpaired) electrons. The van der Waals surface area contributed by atoms with Gasteiger partial charge in [-0.15, -0.1) is 0 Å². The molecule has 1 aliphatic rings. The second-order valence-electron chi connectivity index (χ2n) is 7.62. The zero-order chi connectivity index (χ0) is 24.9. The molecule has 2 aromatic heterocycles. The van der Waals surface area contributed by atoms with Gasteiger partial charge >= 0.3 is 15.6 Å². The van der Waals surface area contributed by atoms with E-state index in [1.807, 2.05) is 0 Å². The summed E-state index contributed by atoms with van der Waals surface area (Å²) in [5, 5.41) is 3.53. The number of phosphoric ester groups is 2. The van der Waals surface area contributed by atoms with Crippen LogP contribution < -0.4 is 5.32 Å². The molecule has 34 heavy (non-hydrogen) atoms. The third-order valence-electron chi connectivity index (χ3n) is 5.04. The molecular weight excluding hydrogens is 512 g/mol. The predicted molar refractivity (Wildman–Crippen MR) is 123 cm³/mol. The zero-order valence-electron chi connectivity index (χ0n) is 18.7. The second-order valence-corrected chi connectivity index (χ2v) is 11.1. The van der Waals surface area contributed by atoms with Gasteiger partial charge in [0, 0.05) is 19.2 Å². The van der Waals surface area contributed by atoms with Crippen LogP contribution in [0, 0.1) is 0 Å². The Hall–Kier alpha value is -1.12. The smallest absolute Gasteiger partial charge is 0.371 e. The lowest BCUT2D eigenvalue weighted by Crippen LogP contribution is -2.28. The highest BCUT2D eigenvalue weighted by atomic mass is 32.2. The number of aromatic nitrogens is 4. The average molecular weight is 541 g/mol. The number of nitrogens with zero attached hydrogens (tertiary/aromatic N) is 4. The Kier molecular flexibility index (Phi) is 9.49. The number of fused-ring (bicyclic) bond motifs is 1. The minimum absolute atomic E-state index is 0.0376. The number of hydrogen-bond donors (Lipinski definition) is 5. The fourth-order valence-corrected chi connectivity index (χ4v) is 5.27. The van der Waals surface area contributed by atoms with Gasteiger partial charge in [-0.3, -0.25) is 13.6 Å². The topological polar surface area (TPSA) is 198 Å². The number of thioether (sulfide) groups is 1. The molecule has 3 atom stereocenters. The molecule has 0 spiro atoms. The molecule has 5 N–H and O–H groups in total. The average Bonchev–Trinajstić information content (AvgIpc) is 3.33. The van der Waals surface area contributed by atoms with Crippen molar-refractivity contribution in [1.29, 1.82) is 0 Å². The Morgan fingerprint density at radius 3 is 2.62 bits per heavy atom. The fraction of sp³-hybridized carbons (Fsp3) is 0.706. The highest BCUT2D eigenvalue weighted by Gasteiger charge is 2.42. The number of imidazole rings is 1. The van der Waals surface area contributed by atoms with E-state index in [2.05, 4.69) is 31.7 Å². The van der Waals surface area contributed by atoms with Gasteiger partial charge in [0.15, 0.2) is 22.1 Å². The molecule has 0 aliphatic carbocycles. The molecule has 1 saturated heterocycles. The number of hydrogen-bond acceptors (Lipinski definition) is 10. The number of rotatable bonds is 13. The van der Waals surface area contributed by atoms with Crippen LogP contribution in [0.1, 0.15) is 45.3 Å². The number of ether oxygens (including phenoxy) is 1. The van der Waals surface area contributed by atoms with Gasteiger partial charge in [-0.2, -0.15) is 0 Å². The molecule has 1 fully saturated rings. The summed E-state index contributed by atoms with van der Waals surface area (Å²) in [6.45, 7) is 1.52. The van der Waals surface area contributed by atoms with Crippen molar-refractivity contribution in [2.45, 2.75) is 62.6 Å². The summed E-state index contributed by atoms with van der Waals surface area (Å²) < 4.78 is 39.2. The Morgan fingerprint density at radius 2 is 1.97 bits per heavy atom. The van der Waals surface area contributed by atoms with Gasteiger partial charge in [0.2, 0.25) is 0 Å². The van der Waals surface area contributed by atoms with Crippen LogP contribution in [0.2, 0.25) is 0 Å². The van der Waals surface area contributed by atoms with Crippen molar-refractivity contribution in [1.82, 2.24) is 19.5 Å². The third-order valence-corrected chi connectivity index (χ3v) is 7.00. The van der Waals surface area contributed by atoms with E-state index in [9.17, 15) is 18.9 Å². The number of anilines is 1. The van der Waals surface area contributed by atoms with Crippen molar-refractivity contribution in [3.8, 4) is 0 Å². The van der Waals surface area contributed by atoms with Crippen molar-refractivity contribution in [3.05, 3.63) is 6.33 Å². The van der Waals surface area contributed by atoms with E-state index in [4.69, 9.17) is 19.0 Å². The first-order chi connectivity index (χ1) is 16.0. The summed E-state index contributed by atoms with van der Waals surface area (Å²) in [5.74, 6) is 1.37. The van der Waals surface area contributed by atoms with E-state index in [0.29, 0.717) is 22.1 Å². The minimum Gasteiger partial charge on any atom is -0.371 e. The monoisotopic (exact) mass is 541 g/mol. The van der Waals surface area contributed by atoms with Crippen LogP contribution in [0.5, 0.6) is 0 Å². The van der Waals surface area contributed by atoms with Gasteiger partial charge in [0.1, 0.15) is 18.4 Å². The summed E-state index contributed by atoms with van der Waals surface area (Å²) >= 11 is 1.51. The lowest BCUT2D eigenvalue weighted by molar-refractivity contribution is -0.0417. The number of nitrogens with one attached hydrogen (secondary N) is 1. The van der Waals surface area contributed by atoms with Crippen molar-refractivity contribution in [2.24, 2.45) is 0 Å². The largest absolute Gasteiger partial charge is 0.469 e. The molecule has 3 rings (SSSR count). The predicted octanol–water partition coefficient (Wildman–Crippen LogP) is 2.42.